The summed E-state index contributed by atoms with van der Waals surface area (Å²) in [5.41, 5.74) is 2.06. The maximum absolute atomic E-state index is 13.2. The molecule has 0 aliphatic carbocycles. The number of aryl methyl sites for hydroxylation is 1. The maximum Gasteiger partial charge on any atom is 0.241 e. The normalized spacial score (nSPS) is 19.4. The lowest BCUT2D eigenvalue weighted by molar-refractivity contribution is -0.121. The first kappa shape index (κ1) is 19.4. The number of nitrogens with one attached hydrogen (secondary N) is 2. The Balaban J connectivity index is 1.84. The quantitative estimate of drug-likeness (QED) is 0.674. The highest BCUT2D eigenvalue weighted by Gasteiger charge is 2.50. The van der Waals surface area contributed by atoms with E-state index in [-0.39, 0.29) is 10.8 Å². The highest BCUT2D eigenvalue weighted by Crippen LogP contribution is 2.46. The van der Waals surface area contributed by atoms with Crippen LogP contribution in [0.15, 0.2) is 83.8 Å². The van der Waals surface area contributed by atoms with Gasteiger partial charge < -0.3 is 5.32 Å². The number of sulfonamides is 1. The van der Waals surface area contributed by atoms with Gasteiger partial charge in [0.05, 0.1) is 16.4 Å². The van der Waals surface area contributed by atoms with Gasteiger partial charge in [0.1, 0.15) is 0 Å². The average Bonchev–Trinajstić information content (AvgIpc) is 2.98. The third-order valence-corrected chi connectivity index (χ3v) is 6.96. The largest absolute Gasteiger partial charge is 0.325 e. The molecule has 0 aromatic heterocycles. The summed E-state index contributed by atoms with van der Waals surface area (Å²) < 4.78 is 29.2. The molecule has 0 radical (unpaired) electrons. The Hall–Kier alpha value is -2.96. The summed E-state index contributed by atoms with van der Waals surface area (Å²) >= 11 is 0. The Morgan fingerprint density at radius 2 is 1.52 bits per heavy atom. The molecule has 29 heavy (non-hydrogen) atoms. The molecule has 0 spiro atoms. The van der Waals surface area contributed by atoms with Crippen LogP contribution in [0, 0.1) is 6.92 Å². The van der Waals surface area contributed by atoms with Crippen LogP contribution in [0.5, 0.6) is 0 Å². The van der Waals surface area contributed by atoms with Gasteiger partial charge in [-0.25, -0.2) is 13.1 Å². The summed E-state index contributed by atoms with van der Waals surface area (Å²) in [4.78, 5) is 13.3. The summed E-state index contributed by atoms with van der Waals surface area (Å²) in [6.07, 6.45) is 0. The molecule has 148 valence electrons. The number of hydrogen-bond donors (Lipinski definition) is 2. The summed E-state index contributed by atoms with van der Waals surface area (Å²) in [6.45, 7) is 3.68. The van der Waals surface area contributed by atoms with Crippen LogP contribution in [0.3, 0.4) is 0 Å². The Labute approximate surface area is 170 Å². The van der Waals surface area contributed by atoms with E-state index in [1.54, 1.807) is 31.2 Å². The third-order valence-electron chi connectivity index (χ3n) is 5.52. The van der Waals surface area contributed by atoms with E-state index in [1.165, 1.54) is 0 Å². The van der Waals surface area contributed by atoms with Crippen LogP contribution >= 0.6 is 0 Å². The lowest BCUT2D eigenvalue weighted by Crippen LogP contribution is -2.46. The van der Waals surface area contributed by atoms with E-state index in [0.29, 0.717) is 5.69 Å². The molecule has 0 saturated heterocycles. The zero-order valence-electron chi connectivity index (χ0n) is 16.2. The lowest BCUT2D eigenvalue weighted by Gasteiger charge is -2.33. The van der Waals surface area contributed by atoms with E-state index in [4.69, 9.17) is 0 Å². The van der Waals surface area contributed by atoms with Gasteiger partial charge in [0, 0.05) is 5.69 Å². The minimum absolute atomic E-state index is 0.166. The number of amides is 1. The Morgan fingerprint density at radius 3 is 2.21 bits per heavy atom. The number of rotatable bonds is 5. The molecule has 4 rings (SSSR count). The van der Waals surface area contributed by atoms with Crippen molar-refractivity contribution in [2.45, 2.75) is 30.2 Å². The minimum atomic E-state index is -3.86. The molecule has 0 bridgehead atoms. The number of benzene rings is 3. The molecule has 1 amide bonds. The molecule has 5 nitrogen and oxygen atoms in total. The summed E-state index contributed by atoms with van der Waals surface area (Å²) in [5, 5.41) is 2.90. The summed E-state index contributed by atoms with van der Waals surface area (Å²) in [7, 11) is -3.86. The molecular formula is C23H22N2O3S. The smallest absolute Gasteiger partial charge is 0.241 e. The first-order chi connectivity index (χ1) is 13.8. The van der Waals surface area contributed by atoms with Crippen molar-refractivity contribution in [3.05, 3.63) is 95.6 Å². The van der Waals surface area contributed by atoms with Gasteiger partial charge in [0.2, 0.25) is 15.9 Å². The van der Waals surface area contributed by atoms with Crippen molar-refractivity contribution in [3.8, 4) is 0 Å². The van der Waals surface area contributed by atoms with Crippen LogP contribution < -0.4 is 10.0 Å². The molecule has 3 aromatic carbocycles. The van der Waals surface area contributed by atoms with Crippen LogP contribution in [-0.4, -0.2) is 14.3 Å². The van der Waals surface area contributed by atoms with Gasteiger partial charge in [-0.05, 0) is 43.2 Å². The predicted octanol–water partition coefficient (Wildman–Crippen LogP) is 3.92. The Morgan fingerprint density at radius 1 is 0.897 bits per heavy atom. The van der Waals surface area contributed by atoms with Gasteiger partial charge in [-0.15, -0.1) is 0 Å². The number of carbonyl (C=O) groups excluding carboxylic acids is 1. The van der Waals surface area contributed by atoms with Crippen LogP contribution in [0.2, 0.25) is 0 Å². The number of hydrogen-bond acceptors (Lipinski definition) is 3. The van der Waals surface area contributed by atoms with Gasteiger partial charge in [-0.2, -0.15) is 0 Å². The van der Waals surface area contributed by atoms with Crippen LogP contribution in [0.1, 0.15) is 29.7 Å². The fraction of sp³-hybridized carbons (Fsp3) is 0.174. The topological polar surface area (TPSA) is 75.3 Å². The van der Waals surface area contributed by atoms with Crippen molar-refractivity contribution in [2.24, 2.45) is 0 Å². The molecule has 3 aromatic rings. The van der Waals surface area contributed by atoms with E-state index < -0.39 is 21.5 Å². The van der Waals surface area contributed by atoms with E-state index in [0.717, 1.165) is 16.7 Å². The number of fused-ring (bicyclic) bond motifs is 1. The molecule has 1 heterocycles. The van der Waals surface area contributed by atoms with Crippen molar-refractivity contribution in [3.63, 3.8) is 0 Å². The Kier molecular flexibility index (Phi) is 4.76. The summed E-state index contributed by atoms with van der Waals surface area (Å²) in [5.74, 6) is -0.237. The van der Waals surface area contributed by atoms with Crippen LogP contribution in [0.25, 0.3) is 0 Å². The minimum Gasteiger partial charge on any atom is -0.325 e. The van der Waals surface area contributed by atoms with Crippen molar-refractivity contribution in [2.75, 3.05) is 5.32 Å². The second-order valence-corrected chi connectivity index (χ2v) is 9.19. The van der Waals surface area contributed by atoms with Crippen LogP contribution in [-0.2, 0) is 20.2 Å². The molecular weight excluding hydrogens is 384 g/mol. The number of para-hydroxylation sites is 1. The first-order valence-electron chi connectivity index (χ1n) is 9.37. The molecule has 6 heteroatoms. The molecule has 0 fully saturated rings. The fourth-order valence-corrected chi connectivity index (χ4v) is 5.12. The van der Waals surface area contributed by atoms with Crippen molar-refractivity contribution < 1.29 is 13.2 Å². The van der Waals surface area contributed by atoms with Crippen molar-refractivity contribution in [1.82, 2.24) is 4.72 Å². The van der Waals surface area contributed by atoms with Gasteiger partial charge in [0.25, 0.3) is 0 Å². The Bertz CT molecular complexity index is 1160. The number of carbonyl (C=O) groups is 1. The van der Waals surface area contributed by atoms with E-state index in [9.17, 15) is 13.2 Å². The second-order valence-electron chi connectivity index (χ2n) is 7.48. The van der Waals surface area contributed by atoms with Gasteiger partial charge in [0.15, 0.2) is 0 Å². The monoisotopic (exact) mass is 406 g/mol. The van der Waals surface area contributed by atoms with Crippen molar-refractivity contribution in [1.29, 1.82) is 0 Å². The van der Waals surface area contributed by atoms with Gasteiger partial charge in [-0.1, -0.05) is 66.2 Å². The van der Waals surface area contributed by atoms with Gasteiger partial charge >= 0.3 is 0 Å². The standard InChI is InChI=1S/C23H22N2O3S/c1-16-12-14-18(15-13-16)29(27,28)25-21(17-8-4-3-5-9-17)23(2)19-10-6-7-11-20(19)24-22(23)26/h3-15,21,25H,1-2H3,(H,24,26)/t21-,23?/m1/s1. The molecule has 1 unspecified atom stereocenters. The first-order valence-corrected chi connectivity index (χ1v) is 10.9. The number of anilines is 1. The molecule has 2 N–H and O–H groups in total. The van der Waals surface area contributed by atoms with Gasteiger partial charge in [-0.3, -0.25) is 4.79 Å². The zero-order chi connectivity index (χ0) is 20.6. The fourth-order valence-electron chi connectivity index (χ4n) is 3.81. The van der Waals surface area contributed by atoms with E-state index in [2.05, 4.69) is 10.0 Å². The SMILES string of the molecule is Cc1ccc(S(=O)(=O)N[C@H](c2ccccc2)C2(C)C(=O)Nc3ccccc32)cc1. The van der Waals surface area contributed by atoms with Crippen LogP contribution in [0.4, 0.5) is 5.69 Å². The van der Waals surface area contributed by atoms with E-state index in [1.807, 2.05) is 61.5 Å². The van der Waals surface area contributed by atoms with E-state index >= 15 is 0 Å². The van der Waals surface area contributed by atoms with Crippen molar-refractivity contribution >= 4 is 21.6 Å². The lowest BCUT2D eigenvalue weighted by atomic mass is 9.74. The molecule has 1 aliphatic heterocycles. The second kappa shape index (κ2) is 7.13. The highest BCUT2D eigenvalue weighted by atomic mass is 32.2. The maximum atomic E-state index is 13.2. The highest BCUT2D eigenvalue weighted by molar-refractivity contribution is 7.89. The zero-order valence-corrected chi connectivity index (χ0v) is 17.0. The summed E-state index contributed by atoms with van der Waals surface area (Å²) in [6, 6.07) is 22.5. The molecule has 2 atom stereocenters. The molecule has 1 aliphatic rings. The predicted molar refractivity (Wildman–Crippen MR) is 113 cm³/mol. The molecule has 0 saturated carbocycles. The average molecular weight is 407 g/mol. The third kappa shape index (κ3) is 3.34.